The van der Waals surface area contributed by atoms with Crippen LogP contribution in [0.3, 0.4) is 0 Å². The first kappa shape index (κ1) is 7.86. The van der Waals surface area contributed by atoms with Crippen LogP contribution < -0.4 is 0 Å². The maximum absolute atomic E-state index is 10.3. The predicted molar refractivity (Wildman–Crippen MR) is 47.6 cm³/mol. The fraction of sp³-hybridized carbons (Fsp3) is 0.100. The topological polar surface area (TPSA) is 50.4 Å². The molecule has 13 heavy (non-hydrogen) atoms. The Labute approximate surface area is 74.6 Å². The van der Waals surface area contributed by atoms with Gasteiger partial charge in [0.2, 0.25) is 0 Å². The van der Waals surface area contributed by atoms with Crippen LogP contribution in [0.15, 0.2) is 28.9 Å². The van der Waals surface area contributed by atoms with Gasteiger partial charge in [-0.3, -0.25) is 0 Å². The number of aldehydes is 1. The van der Waals surface area contributed by atoms with Gasteiger partial charge in [-0.1, -0.05) is 0 Å². The summed E-state index contributed by atoms with van der Waals surface area (Å²) in [4.78, 5) is 10.3. The molecule has 0 spiro atoms. The molecular formula is C10H8O3. The Hall–Kier alpha value is -1.77. The Bertz CT molecular complexity index is 442. The van der Waals surface area contributed by atoms with Crippen LogP contribution in [-0.2, 0) is 11.2 Å². The molecular weight excluding hydrogens is 168 g/mol. The highest BCUT2D eigenvalue weighted by molar-refractivity contribution is 5.84. The van der Waals surface area contributed by atoms with Crippen molar-refractivity contribution < 1.29 is 14.3 Å². The average Bonchev–Trinajstić information content (AvgIpc) is 2.49. The molecule has 0 bridgehead atoms. The summed E-state index contributed by atoms with van der Waals surface area (Å²) in [6, 6.07) is 4.85. The molecule has 0 saturated heterocycles. The maximum atomic E-state index is 10.3. The highest BCUT2D eigenvalue weighted by atomic mass is 16.3. The first-order chi connectivity index (χ1) is 6.31. The molecule has 0 unspecified atom stereocenters. The molecule has 3 nitrogen and oxygen atoms in total. The van der Waals surface area contributed by atoms with Gasteiger partial charge in [-0.15, -0.1) is 0 Å². The summed E-state index contributed by atoms with van der Waals surface area (Å²) in [6.07, 6.45) is 2.72. The second kappa shape index (κ2) is 2.94. The van der Waals surface area contributed by atoms with Gasteiger partial charge in [0.15, 0.2) is 0 Å². The lowest BCUT2D eigenvalue weighted by molar-refractivity contribution is -0.107. The van der Waals surface area contributed by atoms with Gasteiger partial charge in [-0.05, 0) is 12.1 Å². The number of carbonyl (C=O) groups excluding carboxylic acids is 1. The first-order valence-electron chi connectivity index (χ1n) is 3.94. The third kappa shape index (κ3) is 1.28. The number of fused-ring (bicyclic) bond motifs is 1. The molecule has 1 aromatic carbocycles. The molecule has 0 amide bonds. The van der Waals surface area contributed by atoms with Gasteiger partial charge in [0.25, 0.3) is 0 Å². The van der Waals surface area contributed by atoms with Crippen LogP contribution >= 0.6 is 0 Å². The van der Waals surface area contributed by atoms with Gasteiger partial charge >= 0.3 is 0 Å². The van der Waals surface area contributed by atoms with Crippen LogP contribution in [0.2, 0.25) is 0 Å². The van der Waals surface area contributed by atoms with E-state index in [1.165, 1.54) is 6.07 Å². The second-order valence-corrected chi connectivity index (χ2v) is 2.81. The number of benzene rings is 1. The molecule has 2 rings (SSSR count). The molecule has 3 heteroatoms. The van der Waals surface area contributed by atoms with E-state index in [4.69, 9.17) is 9.52 Å². The third-order valence-electron chi connectivity index (χ3n) is 1.94. The van der Waals surface area contributed by atoms with E-state index in [2.05, 4.69) is 0 Å². The summed E-state index contributed by atoms with van der Waals surface area (Å²) < 4.78 is 5.16. The zero-order valence-corrected chi connectivity index (χ0v) is 6.86. The minimum atomic E-state index is 0.166. The number of aromatic hydroxyl groups is 1. The van der Waals surface area contributed by atoms with Crippen molar-refractivity contribution in [1.82, 2.24) is 0 Å². The molecule has 1 aromatic heterocycles. The molecule has 0 aliphatic heterocycles. The van der Waals surface area contributed by atoms with Crippen LogP contribution in [0, 0.1) is 0 Å². The van der Waals surface area contributed by atoms with E-state index in [0.717, 1.165) is 17.2 Å². The molecule has 2 aromatic rings. The monoisotopic (exact) mass is 176 g/mol. The number of hydrogen-bond donors (Lipinski definition) is 1. The van der Waals surface area contributed by atoms with Crippen molar-refractivity contribution in [3.63, 3.8) is 0 Å². The highest BCUT2D eigenvalue weighted by Gasteiger charge is 2.05. The minimum absolute atomic E-state index is 0.166. The summed E-state index contributed by atoms with van der Waals surface area (Å²) in [5.74, 6) is 0.166. The van der Waals surface area contributed by atoms with Gasteiger partial charge in [0.1, 0.15) is 17.6 Å². The Kier molecular flexibility index (Phi) is 1.77. The van der Waals surface area contributed by atoms with E-state index in [0.29, 0.717) is 12.0 Å². The Balaban J connectivity index is 2.61. The Morgan fingerprint density at radius 3 is 3.08 bits per heavy atom. The van der Waals surface area contributed by atoms with Crippen molar-refractivity contribution >= 4 is 17.3 Å². The van der Waals surface area contributed by atoms with Gasteiger partial charge in [0.05, 0.1) is 6.26 Å². The normalized spacial score (nSPS) is 10.5. The maximum Gasteiger partial charge on any atom is 0.137 e. The zero-order chi connectivity index (χ0) is 9.26. The molecule has 1 heterocycles. The zero-order valence-electron chi connectivity index (χ0n) is 6.86. The number of rotatable bonds is 2. The van der Waals surface area contributed by atoms with E-state index in [1.54, 1.807) is 18.4 Å². The lowest BCUT2D eigenvalue weighted by Crippen LogP contribution is -1.81. The van der Waals surface area contributed by atoms with Gasteiger partial charge in [-0.2, -0.15) is 0 Å². The Morgan fingerprint density at radius 1 is 1.46 bits per heavy atom. The lowest BCUT2D eigenvalue weighted by atomic mass is 10.1. The summed E-state index contributed by atoms with van der Waals surface area (Å²) in [5, 5.41) is 10.0. The smallest absolute Gasteiger partial charge is 0.137 e. The quantitative estimate of drug-likeness (QED) is 0.710. The van der Waals surface area contributed by atoms with Gasteiger partial charge in [0, 0.05) is 23.4 Å². The fourth-order valence-corrected chi connectivity index (χ4v) is 1.32. The van der Waals surface area contributed by atoms with Crippen LogP contribution in [0.5, 0.6) is 5.75 Å². The lowest BCUT2D eigenvalue weighted by Gasteiger charge is -1.91. The van der Waals surface area contributed by atoms with Crippen molar-refractivity contribution in [2.24, 2.45) is 0 Å². The van der Waals surface area contributed by atoms with Crippen molar-refractivity contribution in [1.29, 1.82) is 0 Å². The first-order valence-corrected chi connectivity index (χ1v) is 3.94. The van der Waals surface area contributed by atoms with Crippen LogP contribution in [0.1, 0.15) is 5.56 Å². The Morgan fingerprint density at radius 2 is 2.31 bits per heavy atom. The fourth-order valence-electron chi connectivity index (χ4n) is 1.32. The van der Waals surface area contributed by atoms with E-state index >= 15 is 0 Å². The third-order valence-corrected chi connectivity index (χ3v) is 1.94. The van der Waals surface area contributed by atoms with Crippen molar-refractivity contribution in [2.45, 2.75) is 6.42 Å². The molecule has 0 radical (unpaired) electrons. The van der Waals surface area contributed by atoms with E-state index in [1.807, 2.05) is 0 Å². The summed E-state index contributed by atoms with van der Waals surface area (Å²) in [5.41, 5.74) is 1.46. The SMILES string of the molecule is O=CCc1coc2cc(O)ccc12. The number of phenols is 1. The van der Waals surface area contributed by atoms with Crippen molar-refractivity contribution in [3.05, 3.63) is 30.0 Å². The molecule has 66 valence electrons. The molecule has 0 saturated carbocycles. The van der Waals surface area contributed by atoms with E-state index < -0.39 is 0 Å². The largest absolute Gasteiger partial charge is 0.508 e. The summed E-state index contributed by atoms with van der Waals surface area (Å²) >= 11 is 0. The molecule has 0 atom stereocenters. The van der Waals surface area contributed by atoms with Crippen molar-refractivity contribution in [3.8, 4) is 5.75 Å². The molecule has 0 fully saturated rings. The minimum Gasteiger partial charge on any atom is -0.508 e. The highest BCUT2D eigenvalue weighted by Crippen LogP contribution is 2.24. The summed E-state index contributed by atoms with van der Waals surface area (Å²) in [7, 11) is 0. The average molecular weight is 176 g/mol. The van der Waals surface area contributed by atoms with Gasteiger partial charge in [-0.25, -0.2) is 0 Å². The van der Waals surface area contributed by atoms with Crippen LogP contribution in [0.4, 0.5) is 0 Å². The number of hydrogen-bond acceptors (Lipinski definition) is 3. The van der Waals surface area contributed by atoms with E-state index in [9.17, 15) is 4.79 Å². The summed E-state index contributed by atoms with van der Waals surface area (Å²) in [6.45, 7) is 0. The van der Waals surface area contributed by atoms with Crippen LogP contribution in [0.25, 0.3) is 11.0 Å². The standard InChI is InChI=1S/C10H8O3/c11-4-3-7-6-13-10-5-8(12)1-2-9(7)10/h1-2,4-6,12H,3H2. The second-order valence-electron chi connectivity index (χ2n) is 2.81. The molecule has 1 N–H and O–H groups in total. The molecule has 0 aliphatic rings. The van der Waals surface area contributed by atoms with E-state index in [-0.39, 0.29) is 5.75 Å². The van der Waals surface area contributed by atoms with Gasteiger partial charge < -0.3 is 14.3 Å². The van der Waals surface area contributed by atoms with Crippen molar-refractivity contribution in [2.75, 3.05) is 0 Å². The number of phenolic OH excluding ortho intramolecular Hbond substituents is 1. The number of carbonyl (C=O) groups is 1. The van der Waals surface area contributed by atoms with Crippen LogP contribution in [-0.4, -0.2) is 11.4 Å². The molecule has 0 aliphatic carbocycles. The number of furan rings is 1. The predicted octanol–water partition coefficient (Wildman–Crippen LogP) is 1.88.